The third kappa shape index (κ3) is 3.58. The van der Waals surface area contributed by atoms with Crippen molar-refractivity contribution in [1.29, 1.82) is 0 Å². The van der Waals surface area contributed by atoms with E-state index in [9.17, 15) is 0 Å². The second kappa shape index (κ2) is 6.72. The molecule has 1 saturated carbocycles. The predicted octanol–water partition coefficient (Wildman–Crippen LogP) is 4.63. The van der Waals surface area contributed by atoms with Crippen molar-refractivity contribution >= 4 is 11.3 Å². The maximum atomic E-state index is 3.82. The smallest absolute Gasteiger partial charge is 0.0161 e. The van der Waals surface area contributed by atoms with Crippen LogP contribution >= 0.6 is 11.3 Å². The summed E-state index contributed by atoms with van der Waals surface area (Å²) in [6.07, 6.45) is 9.52. The molecule has 0 bridgehead atoms. The first-order valence-electron chi connectivity index (χ1n) is 7.49. The average molecular weight is 265 g/mol. The summed E-state index contributed by atoms with van der Waals surface area (Å²) in [5.74, 6) is 0. The van der Waals surface area contributed by atoms with Crippen LogP contribution < -0.4 is 5.32 Å². The highest BCUT2D eigenvalue weighted by Crippen LogP contribution is 2.40. The zero-order valence-electron chi connectivity index (χ0n) is 11.9. The van der Waals surface area contributed by atoms with Gasteiger partial charge in [-0.05, 0) is 60.0 Å². The average Bonchev–Trinajstić information content (AvgIpc) is 2.88. The Balaban J connectivity index is 2.03. The van der Waals surface area contributed by atoms with Crippen molar-refractivity contribution < 1.29 is 0 Å². The Labute approximate surface area is 116 Å². The second-order valence-corrected chi connectivity index (χ2v) is 6.84. The molecule has 102 valence electrons. The van der Waals surface area contributed by atoms with Crippen LogP contribution in [0.2, 0.25) is 0 Å². The lowest BCUT2D eigenvalue weighted by molar-refractivity contribution is 0.143. The van der Waals surface area contributed by atoms with E-state index in [1.54, 1.807) is 0 Å². The van der Waals surface area contributed by atoms with Gasteiger partial charge in [0.25, 0.3) is 0 Å². The Morgan fingerprint density at radius 3 is 2.72 bits per heavy atom. The van der Waals surface area contributed by atoms with E-state index in [0.29, 0.717) is 11.5 Å². The summed E-state index contributed by atoms with van der Waals surface area (Å²) >= 11 is 1.82. The summed E-state index contributed by atoms with van der Waals surface area (Å²) in [7, 11) is 0. The van der Waals surface area contributed by atoms with E-state index in [1.165, 1.54) is 50.5 Å². The van der Waals surface area contributed by atoms with Gasteiger partial charge in [0.1, 0.15) is 0 Å². The van der Waals surface area contributed by atoms with E-state index < -0.39 is 0 Å². The normalized spacial score (nSPS) is 20.8. The summed E-state index contributed by atoms with van der Waals surface area (Å²) in [6.45, 7) is 5.92. The molecule has 0 amide bonds. The van der Waals surface area contributed by atoms with E-state index in [2.05, 4.69) is 36.0 Å². The van der Waals surface area contributed by atoms with Crippen molar-refractivity contribution in [2.45, 2.75) is 64.8 Å². The van der Waals surface area contributed by atoms with Crippen LogP contribution in [-0.4, -0.2) is 12.6 Å². The molecular weight excluding hydrogens is 238 g/mol. The van der Waals surface area contributed by atoms with Gasteiger partial charge in [-0.1, -0.05) is 33.1 Å². The number of hydrogen-bond donors (Lipinski definition) is 1. The first-order chi connectivity index (χ1) is 8.74. The van der Waals surface area contributed by atoms with Crippen LogP contribution in [0.3, 0.4) is 0 Å². The molecule has 1 heterocycles. The van der Waals surface area contributed by atoms with Crippen molar-refractivity contribution in [3.05, 3.63) is 22.4 Å². The minimum Gasteiger partial charge on any atom is -0.313 e. The fourth-order valence-corrected chi connectivity index (χ4v) is 3.92. The van der Waals surface area contributed by atoms with Gasteiger partial charge in [-0.25, -0.2) is 0 Å². The summed E-state index contributed by atoms with van der Waals surface area (Å²) < 4.78 is 0. The monoisotopic (exact) mass is 265 g/mol. The molecule has 2 rings (SSSR count). The van der Waals surface area contributed by atoms with Gasteiger partial charge in [-0.15, -0.1) is 0 Å². The molecule has 0 radical (unpaired) electrons. The van der Waals surface area contributed by atoms with Crippen LogP contribution in [-0.2, 0) is 6.42 Å². The number of hydrogen-bond acceptors (Lipinski definition) is 2. The lowest BCUT2D eigenvalue weighted by atomic mass is 9.69. The number of thiophene rings is 1. The molecule has 1 nitrogen and oxygen atoms in total. The predicted molar refractivity (Wildman–Crippen MR) is 81.3 cm³/mol. The summed E-state index contributed by atoms with van der Waals surface area (Å²) in [5.41, 5.74) is 2.02. The maximum absolute atomic E-state index is 3.82. The summed E-state index contributed by atoms with van der Waals surface area (Å²) in [4.78, 5) is 0. The topological polar surface area (TPSA) is 12.0 Å². The van der Waals surface area contributed by atoms with Crippen molar-refractivity contribution in [2.24, 2.45) is 5.41 Å². The fraction of sp³-hybridized carbons (Fsp3) is 0.750. The Bertz CT molecular complexity index is 325. The van der Waals surface area contributed by atoms with Gasteiger partial charge >= 0.3 is 0 Å². The first kappa shape index (κ1) is 14.1. The zero-order valence-corrected chi connectivity index (χ0v) is 12.7. The molecule has 1 aliphatic carbocycles. The van der Waals surface area contributed by atoms with E-state index >= 15 is 0 Å². The number of nitrogens with one attached hydrogen (secondary N) is 1. The van der Waals surface area contributed by atoms with Crippen molar-refractivity contribution in [1.82, 2.24) is 5.32 Å². The van der Waals surface area contributed by atoms with Crippen LogP contribution in [0, 0.1) is 5.41 Å². The summed E-state index contributed by atoms with van der Waals surface area (Å²) in [6, 6.07) is 2.95. The molecule has 1 fully saturated rings. The fourth-order valence-electron chi connectivity index (χ4n) is 3.24. The van der Waals surface area contributed by atoms with Gasteiger partial charge < -0.3 is 5.32 Å². The molecule has 18 heavy (non-hydrogen) atoms. The van der Waals surface area contributed by atoms with E-state index in [4.69, 9.17) is 0 Å². The van der Waals surface area contributed by atoms with Gasteiger partial charge in [-0.2, -0.15) is 11.3 Å². The molecule has 0 aromatic carbocycles. The van der Waals surface area contributed by atoms with Gasteiger partial charge in [-0.3, -0.25) is 0 Å². The Kier molecular flexibility index (Phi) is 5.25. The molecule has 1 aromatic rings. The molecule has 1 unspecified atom stereocenters. The minimum absolute atomic E-state index is 0.509. The van der Waals surface area contributed by atoms with Crippen LogP contribution in [0.4, 0.5) is 0 Å². The first-order valence-corrected chi connectivity index (χ1v) is 8.43. The molecule has 1 N–H and O–H groups in total. The minimum atomic E-state index is 0.509. The number of rotatable bonds is 6. The van der Waals surface area contributed by atoms with E-state index in [-0.39, 0.29) is 0 Å². The van der Waals surface area contributed by atoms with E-state index in [1.807, 2.05) is 11.3 Å². The maximum Gasteiger partial charge on any atom is 0.0161 e. The molecular formula is C16H27NS. The van der Waals surface area contributed by atoms with Crippen LogP contribution in [0.5, 0.6) is 0 Å². The van der Waals surface area contributed by atoms with Crippen LogP contribution in [0.1, 0.15) is 57.9 Å². The Hall–Kier alpha value is -0.340. The lowest BCUT2D eigenvalue weighted by Crippen LogP contribution is -2.46. The highest BCUT2D eigenvalue weighted by Gasteiger charge is 2.34. The molecule has 1 atom stereocenters. The molecule has 0 spiro atoms. The van der Waals surface area contributed by atoms with Gasteiger partial charge in [0.2, 0.25) is 0 Å². The van der Waals surface area contributed by atoms with Gasteiger partial charge in [0, 0.05) is 6.04 Å². The van der Waals surface area contributed by atoms with Crippen molar-refractivity contribution in [3.63, 3.8) is 0 Å². The molecule has 2 heteroatoms. The Morgan fingerprint density at radius 1 is 1.33 bits per heavy atom. The largest absolute Gasteiger partial charge is 0.313 e. The lowest BCUT2D eigenvalue weighted by Gasteiger charge is -2.41. The van der Waals surface area contributed by atoms with Crippen LogP contribution in [0.25, 0.3) is 0 Å². The molecule has 1 aliphatic rings. The van der Waals surface area contributed by atoms with E-state index in [0.717, 1.165) is 6.54 Å². The Morgan fingerprint density at radius 2 is 2.11 bits per heavy atom. The third-order valence-electron chi connectivity index (χ3n) is 4.50. The van der Waals surface area contributed by atoms with Crippen molar-refractivity contribution in [3.8, 4) is 0 Å². The van der Waals surface area contributed by atoms with Gasteiger partial charge in [0.15, 0.2) is 0 Å². The standard InChI is InChI=1S/C16H27NS/c1-3-10-17-15(12-14-7-11-18-13-14)16(2)8-5-4-6-9-16/h7,11,13,15,17H,3-6,8-10,12H2,1-2H3. The molecule has 0 saturated heterocycles. The zero-order chi connectivity index (χ0) is 12.8. The summed E-state index contributed by atoms with van der Waals surface area (Å²) in [5, 5.41) is 8.34. The van der Waals surface area contributed by atoms with Gasteiger partial charge in [0.05, 0.1) is 0 Å². The SMILES string of the molecule is CCCNC(Cc1ccsc1)C1(C)CCCCC1. The third-order valence-corrected chi connectivity index (χ3v) is 5.23. The van der Waals surface area contributed by atoms with Crippen LogP contribution in [0.15, 0.2) is 16.8 Å². The van der Waals surface area contributed by atoms with Crippen molar-refractivity contribution in [2.75, 3.05) is 6.54 Å². The quantitative estimate of drug-likeness (QED) is 0.791. The second-order valence-electron chi connectivity index (χ2n) is 6.06. The molecule has 0 aliphatic heterocycles. The molecule has 1 aromatic heterocycles. The highest BCUT2D eigenvalue weighted by atomic mass is 32.1. The highest BCUT2D eigenvalue weighted by molar-refractivity contribution is 7.07.